The van der Waals surface area contributed by atoms with Crippen LogP contribution in [0.5, 0.6) is 0 Å². The van der Waals surface area contributed by atoms with Gasteiger partial charge in [0.1, 0.15) is 9.84 Å². The van der Waals surface area contributed by atoms with Crippen LogP contribution in [0.2, 0.25) is 0 Å². The summed E-state index contributed by atoms with van der Waals surface area (Å²) in [5.74, 6) is 0.456. The van der Waals surface area contributed by atoms with Crippen LogP contribution in [0.3, 0.4) is 0 Å². The van der Waals surface area contributed by atoms with Crippen molar-refractivity contribution in [2.45, 2.75) is 13.3 Å². The fraction of sp³-hybridized carbons (Fsp3) is 0.875. The van der Waals surface area contributed by atoms with E-state index in [0.29, 0.717) is 24.5 Å². The van der Waals surface area contributed by atoms with Gasteiger partial charge in [0.05, 0.1) is 10.7 Å². The highest BCUT2D eigenvalue weighted by Gasteiger charge is 2.07. The molecule has 0 aromatic carbocycles. The molecule has 0 amide bonds. The number of hydrogen-bond donors (Lipinski definition) is 1. The Bertz CT molecular complexity index is 275. The highest BCUT2D eigenvalue weighted by molar-refractivity contribution is 7.91. The van der Waals surface area contributed by atoms with Crippen molar-refractivity contribution < 1.29 is 8.42 Å². The van der Waals surface area contributed by atoms with Crippen molar-refractivity contribution in [2.24, 2.45) is 5.73 Å². The van der Waals surface area contributed by atoms with Crippen molar-refractivity contribution in [3.63, 3.8) is 0 Å². The summed E-state index contributed by atoms with van der Waals surface area (Å²) in [6, 6.07) is 0. The van der Waals surface area contributed by atoms with Gasteiger partial charge >= 0.3 is 0 Å². The molecule has 4 nitrogen and oxygen atoms in total. The molecule has 0 aliphatic rings. The highest BCUT2D eigenvalue weighted by atomic mass is 32.2. The van der Waals surface area contributed by atoms with Crippen molar-refractivity contribution in [3.8, 4) is 0 Å². The third-order valence-corrected chi connectivity index (χ3v) is 3.78. The van der Waals surface area contributed by atoms with Crippen LogP contribution in [-0.2, 0) is 9.84 Å². The van der Waals surface area contributed by atoms with Crippen molar-refractivity contribution in [2.75, 3.05) is 31.6 Å². The van der Waals surface area contributed by atoms with Crippen LogP contribution in [0.15, 0.2) is 0 Å². The molecule has 84 valence electrons. The van der Waals surface area contributed by atoms with Crippen molar-refractivity contribution in [1.82, 2.24) is 4.90 Å². The summed E-state index contributed by atoms with van der Waals surface area (Å²) in [5, 5.41) is 0. The second-order valence-electron chi connectivity index (χ2n) is 3.29. The van der Waals surface area contributed by atoms with Gasteiger partial charge in [-0.3, -0.25) is 4.90 Å². The topological polar surface area (TPSA) is 63.4 Å². The molecule has 0 atom stereocenters. The normalized spacial score (nSPS) is 11.9. The molecule has 0 unspecified atom stereocenters. The van der Waals surface area contributed by atoms with Crippen LogP contribution < -0.4 is 5.73 Å². The molecule has 0 saturated heterocycles. The molecule has 0 fully saturated rings. The fourth-order valence-electron chi connectivity index (χ4n) is 1.04. The second kappa shape index (κ2) is 6.31. The minimum absolute atomic E-state index is 0.214. The summed E-state index contributed by atoms with van der Waals surface area (Å²) in [7, 11) is -0.962. The van der Waals surface area contributed by atoms with E-state index in [4.69, 9.17) is 18.0 Å². The molecule has 0 rings (SSSR count). The molecule has 0 heterocycles. The minimum Gasteiger partial charge on any atom is -0.392 e. The maximum Gasteiger partial charge on any atom is 0.150 e. The van der Waals surface area contributed by atoms with E-state index in [1.807, 2.05) is 11.9 Å². The molecule has 0 saturated carbocycles. The number of hydrogen-bond acceptors (Lipinski definition) is 4. The smallest absolute Gasteiger partial charge is 0.150 e. The Morgan fingerprint density at radius 2 is 2.07 bits per heavy atom. The number of rotatable bonds is 7. The van der Waals surface area contributed by atoms with Crippen LogP contribution in [0.1, 0.15) is 13.3 Å². The molecular formula is C8H18N2O2S2. The van der Waals surface area contributed by atoms with Crippen LogP contribution in [0.4, 0.5) is 0 Å². The third-order valence-electron chi connectivity index (χ3n) is 1.86. The van der Waals surface area contributed by atoms with Gasteiger partial charge in [-0.05, 0) is 20.0 Å². The van der Waals surface area contributed by atoms with Gasteiger partial charge in [0.2, 0.25) is 0 Å². The predicted molar refractivity (Wildman–Crippen MR) is 63.2 cm³/mol. The molecular weight excluding hydrogens is 220 g/mol. The van der Waals surface area contributed by atoms with E-state index in [1.165, 1.54) is 0 Å². The summed E-state index contributed by atoms with van der Waals surface area (Å²) < 4.78 is 22.3. The lowest BCUT2D eigenvalue weighted by molar-refractivity contribution is 0.382. The summed E-state index contributed by atoms with van der Waals surface area (Å²) in [4.78, 5) is 2.36. The summed E-state index contributed by atoms with van der Waals surface area (Å²) >= 11 is 4.74. The van der Waals surface area contributed by atoms with E-state index in [1.54, 1.807) is 6.92 Å². The quantitative estimate of drug-likeness (QED) is 0.634. The summed E-state index contributed by atoms with van der Waals surface area (Å²) in [6.45, 7) is 2.91. The van der Waals surface area contributed by atoms with Crippen molar-refractivity contribution in [3.05, 3.63) is 0 Å². The predicted octanol–water partition coefficient (Wildman–Crippen LogP) is 0.0291. The SMILES string of the molecule is CCS(=O)(=O)CCCN(C)CC(N)=S. The Morgan fingerprint density at radius 3 is 2.50 bits per heavy atom. The molecule has 0 aliphatic heterocycles. The van der Waals surface area contributed by atoms with E-state index in [9.17, 15) is 8.42 Å². The Kier molecular flexibility index (Phi) is 6.22. The average Bonchev–Trinajstić information content (AvgIpc) is 2.02. The van der Waals surface area contributed by atoms with Gasteiger partial charge in [0.25, 0.3) is 0 Å². The minimum atomic E-state index is -2.83. The zero-order valence-corrected chi connectivity index (χ0v) is 10.3. The van der Waals surface area contributed by atoms with Crippen molar-refractivity contribution in [1.29, 1.82) is 0 Å². The first-order valence-electron chi connectivity index (χ1n) is 4.54. The molecule has 14 heavy (non-hydrogen) atoms. The van der Waals surface area contributed by atoms with E-state index in [-0.39, 0.29) is 11.5 Å². The molecule has 2 N–H and O–H groups in total. The molecule has 0 bridgehead atoms. The van der Waals surface area contributed by atoms with Crippen LogP contribution in [0, 0.1) is 0 Å². The molecule has 0 aromatic heterocycles. The Balaban J connectivity index is 3.69. The number of nitrogens with zero attached hydrogens (tertiary/aromatic N) is 1. The van der Waals surface area contributed by atoms with Gasteiger partial charge in [-0.1, -0.05) is 19.1 Å². The summed E-state index contributed by atoms with van der Waals surface area (Å²) in [5.41, 5.74) is 5.35. The maximum atomic E-state index is 11.1. The molecule has 0 aromatic rings. The van der Waals surface area contributed by atoms with Crippen LogP contribution in [0.25, 0.3) is 0 Å². The zero-order chi connectivity index (χ0) is 11.2. The lowest BCUT2D eigenvalue weighted by atomic mass is 10.4. The number of nitrogens with two attached hydrogens (primary N) is 1. The van der Waals surface area contributed by atoms with Gasteiger partial charge in [-0.25, -0.2) is 8.42 Å². The van der Waals surface area contributed by atoms with Gasteiger partial charge in [-0.2, -0.15) is 0 Å². The zero-order valence-electron chi connectivity index (χ0n) is 8.69. The van der Waals surface area contributed by atoms with Gasteiger partial charge in [-0.15, -0.1) is 0 Å². The van der Waals surface area contributed by atoms with E-state index >= 15 is 0 Å². The lowest BCUT2D eigenvalue weighted by Gasteiger charge is -2.14. The lowest BCUT2D eigenvalue weighted by Crippen LogP contribution is -2.31. The maximum absolute atomic E-state index is 11.1. The number of likely N-dealkylation sites (N-methyl/N-ethyl adjacent to an activating group) is 1. The average molecular weight is 238 g/mol. The van der Waals surface area contributed by atoms with E-state index in [0.717, 1.165) is 0 Å². The standard InChI is InChI=1S/C8H18N2O2S2/c1-3-14(11,12)6-4-5-10(2)7-8(9)13/h3-7H2,1-2H3,(H2,9,13). The van der Waals surface area contributed by atoms with Gasteiger partial charge < -0.3 is 5.73 Å². The first-order valence-corrected chi connectivity index (χ1v) is 6.77. The third kappa shape index (κ3) is 7.23. The Labute approximate surface area is 91.4 Å². The van der Waals surface area contributed by atoms with Gasteiger partial charge in [0, 0.05) is 12.3 Å². The Hall–Kier alpha value is -0.200. The Morgan fingerprint density at radius 1 is 1.50 bits per heavy atom. The second-order valence-corrected chi connectivity index (χ2v) is 6.29. The summed E-state index contributed by atoms with van der Waals surface area (Å²) in [6.07, 6.45) is 0.634. The first kappa shape index (κ1) is 13.8. The monoisotopic (exact) mass is 238 g/mol. The molecule has 0 radical (unpaired) electrons. The number of thiocarbonyl (C=S) groups is 1. The van der Waals surface area contributed by atoms with Gasteiger partial charge in [0.15, 0.2) is 0 Å². The number of sulfone groups is 1. The molecule has 6 heteroatoms. The molecule has 0 aliphatic carbocycles. The van der Waals surface area contributed by atoms with Crippen molar-refractivity contribution >= 4 is 27.0 Å². The van der Waals surface area contributed by atoms with E-state index < -0.39 is 9.84 Å². The highest BCUT2D eigenvalue weighted by Crippen LogP contribution is 1.95. The fourth-order valence-corrected chi connectivity index (χ4v) is 2.12. The molecule has 0 spiro atoms. The largest absolute Gasteiger partial charge is 0.392 e. The van der Waals surface area contributed by atoms with Crippen LogP contribution in [-0.4, -0.2) is 49.9 Å². The van der Waals surface area contributed by atoms with Crippen LogP contribution >= 0.6 is 12.2 Å². The first-order chi connectivity index (χ1) is 6.37. The van der Waals surface area contributed by atoms with E-state index in [2.05, 4.69) is 0 Å².